The Morgan fingerprint density at radius 1 is 1.24 bits per heavy atom. The second kappa shape index (κ2) is 8.05. The number of fused-ring (bicyclic) bond motifs is 1. The third-order valence-corrected chi connectivity index (χ3v) is 6.75. The lowest BCUT2D eigenvalue weighted by atomic mass is 9.89. The van der Waals surface area contributed by atoms with Gasteiger partial charge in [0.15, 0.2) is 0 Å². The number of phenolic OH excluding ortho intramolecular Hbond substituents is 1. The van der Waals surface area contributed by atoms with E-state index in [0.29, 0.717) is 12.0 Å². The number of phenols is 1. The summed E-state index contributed by atoms with van der Waals surface area (Å²) in [5, 5.41) is 31.8. The van der Waals surface area contributed by atoms with Crippen molar-refractivity contribution >= 4 is 21.4 Å². The van der Waals surface area contributed by atoms with E-state index in [2.05, 4.69) is 18.2 Å². The van der Waals surface area contributed by atoms with Gasteiger partial charge < -0.3 is 24.8 Å². The van der Waals surface area contributed by atoms with E-state index in [1.165, 1.54) is 22.1 Å². The molecule has 1 fully saturated rings. The molecule has 4 rings (SSSR count). The fourth-order valence-electron chi connectivity index (χ4n) is 4.13. The molecular weight excluding hydrogens is 388 g/mol. The van der Waals surface area contributed by atoms with E-state index in [0.717, 1.165) is 17.5 Å². The molecule has 1 aliphatic heterocycles. The smallest absolute Gasteiger partial charge is 0.201 e. The van der Waals surface area contributed by atoms with Crippen LogP contribution >= 0.6 is 11.3 Å². The first kappa shape index (κ1) is 20.3. The highest BCUT2D eigenvalue weighted by atomic mass is 32.1. The molecule has 3 atom stereocenters. The van der Waals surface area contributed by atoms with Crippen molar-refractivity contribution in [2.75, 3.05) is 13.7 Å². The van der Waals surface area contributed by atoms with Crippen LogP contribution in [-0.2, 0) is 21.7 Å². The molecule has 29 heavy (non-hydrogen) atoms. The summed E-state index contributed by atoms with van der Waals surface area (Å²) >= 11 is 1.76. The zero-order chi connectivity index (χ0) is 20.6. The highest BCUT2D eigenvalue weighted by Gasteiger charge is 2.44. The molecule has 0 aliphatic carbocycles. The van der Waals surface area contributed by atoms with Gasteiger partial charge in [-0.1, -0.05) is 18.2 Å². The molecule has 1 saturated heterocycles. The Morgan fingerprint density at radius 3 is 2.76 bits per heavy atom. The minimum Gasteiger partial charge on any atom is -0.507 e. The summed E-state index contributed by atoms with van der Waals surface area (Å²) < 4.78 is 13.0. The number of aliphatic hydroxyl groups excluding tert-OH is 2. The monoisotopic (exact) mass is 414 g/mol. The van der Waals surface area contributed by atoms with Gasteiger partial charge >= 0.3 is 0 Å². The largest absolute Gasteiger partial charge is 0.507 e. The minimum atomic E-state index is -1.29. The third kappa shape index (κ3) is 3.91. The van der Waals surface area contributed by atoms with Crippen molar-refractivity contribution in [2.45, 2.75) is 44.2 Å². The van der Waals surface area contributed by atoms with Crippen molar-refractivity contribution < 1.29 is 24.8 Å². The first-order valence-corrected chi connectivity index (χ1v) is 10.6. The molecule has 5 nitrogen and oxygen atoms in total. The number of aliphatic hydroxyl groups is 2. The van der Waals surface area contributed by atoms with Gasteiger partial charge in [-0.05, 0) is 47.7 Å². The summed E-state index contributed by atoms with van der Waals surface area (Å²) in [6.45, 7) is 1.75. The van der Waals surface area contributed by atoms with Crippen molar-refractivity contribution in [1.29, 1.82) is 0 Å². The molecule has 0 radical (unpaired) electrons. The molecule has 6 heteroatoms. The molecular formula is C23H26O5S. The third-order valence-electron chi connectivity index (χ3n) is 5.64. The van der Waals surface area contributed by atoms with Crippen molar-refractivity contribution in [1.82, 2.24) is 0 Å². The van der Waals surface area contributed by atoms with Gasteiger partial charge in [0.2, 0.25) is 5.79 Å². The molecule has 0 bridgehead atoms. The van der Waals surface area contributed by atoms with E-state index < -0.39 is 18.0 Å². The van der Waals surface area contributed by atoms with Crippen molar-refractivity contribution in [2.24, 2.45) is 0 Å². The van der Waals surface area contributed by atoms with Crippen LogP contribution in [0.1, 0.15) is 34.4 Å². The number of hydrogen-bond acceptors (Lipinski definition) is 6. The number of rotatable bonds is 5. The molecule has 1 aromatic heterocycles. The Kier molecular flexibility index (Phi) is 5.64. The molecule has 154 valence electrons. The number of methoxy groups -OCH3 is 1. The standard InChI is InChI=1S/C23H26O5S/c1-14-7-21(26)20(23(27-2)12-17(25)11-18(13-24)28-23)10-16(14)9-19-8-15-5-3-4-6-22(15)29-19/h3-8,10,17-18,24-26H,9,11-13H2,1-2H3/t17-,18-,23?/m0/s1. The number of thiophene rings is 1. The van der Waals surface area contributed by atoms with E-state index in [9.17, 15) is 15.3 Å². The van der Waals surface area contributed by atoms with E-state index in [1.807, 2.05) is 25.1 Å². The van der Waals surface area contributed by atoms with Crippen LogP contribution in [0.3, 0.4) is 0 Å². The summed E-state index contributed by atoms with van der Waals surface area (Å²) in [7, 11) is 1.50. The number of ether oxygens (including phenoxy) is 2. The summed E-state index contributed by atoms with van der Waals surface area (Å²) in [5.41, 5.74) is 2.52. The Hall–Kier alpha value is -1.96. The fraction of sp³-hybridized carbons (Fsp3) is 0.391. The normalized spacial score (nSPS) is 24.8. The zero-order valence-corrected chi connectivity index (χ0v) is 17.4. The summed E-state index contributed by atoms with van der Waals surface area (Å²) in [6, 6.07) is 14.1. The zero-order valence-electron chi connectivity index (χ0n) is 16.6. The highest BCUT2D eigenvalue weighted by Crippen LogP contribution is 2.43. The lowest BCUT2D eigenvalue weighted by molar-refractivity contribution is -0.299. The summed E-state index contributed by atoms with van der Waals surface area (Å²) in [6.07, 6.45) is 0.0181. The Balaban J connectivity index is 1.72. The molecule has 2 heterocycles. The maximum absolute atomic E-state index is 10.7. The van der Waals surface area contributed by atoms with Crippen LogP contribution in [0.15, 0.2) is 42.5 Å². The SMILES string of the molecule is COC1(c2cc(Cc3cc4ccccc4s3)c(C)cc2O)C[C@@H](O)C[C@@H](CO)O1. The van der Waals surface area contributed by atoms with Gasteiger partial charge in [0.05, 0.1) is 24.4 Å². The lowest BCUT2D eigenvalue weighted by Crippen LogP contribution is -2.46. The van der Waals surface area contributed by atoms with Crippen LogP contribution in [-0.4, -0.2) is 41.2 Å². The van der Waals surface area contributed by atoms with Gasteiger partial charge in [-0.25, -0.2) is 0 Å². The van der Waals surface area contributed by atoms with Crippen molar-refractivity contribution in [3.63, 3.8) is 0 Å². The van der Waals surface area contributed by atoms with Gasteiger partial charge in [0.25, 0.3) is 0 Å². The predicted octanol–water partition coefficient (Wildman–Crippen LogP) is 3.84. The first-order chi connectivity index (χ1) is 13.9. The molecule has 3 N–H and O–H groups in total. The maximum atomic E-state index is 10.7. The van der Waals surface area contributed by atoms with Crippen LogP contribution in [0.4, 0.5) is 0 Å². The Labute approximate surface area is 174 Å². The van der Waals surface area contributed by atoms with Crippen LogP contribution in [0.25, 0.3) is 10.1 Å². The second-order valence-electron chi connectivity index (χ2n) is 7.70. The Morgan fingerprint density at radius 2 is 2.03 bits per heavy atom. The number of benzene rings is 2. The molecule has 2 aromatic carbocycles. The highest BCUT2D eigenvalue weighted by molar-refractivity contribution is 7.19. The quantitative estimate of drug-likeness (QED) is 0.591. The van der Waals surface area contributed by atoms with Gasteiger partial charge in [-0.15, -0.1) is 11.3 Å². The molecule has 1 aliphatic rings. The summed E-state index contributed by atoms with van der Waals surface area (Å²) in [5.74, 6) is -1.23. The molecule has 3 aromatic rings. The molecule has 0 saturated carbocycles. The second-order valence-corrected chi connectivity index (χ2v) is 8.86. The van der Waals surface area contributed by atoms with E-state index >= 15 is 0 Å². The van der Waals surface area contributed by atoms with Crippen molar-refractivity contribution in [3.8, 4) is 5.75 Å². The minimum absolute atomic E-state index is 0.0650. The number of hydrogen-bond donors (Lipinski definition) is 3. The maximum Gasteiger partial charge on any atom is 0.201 e. The van der Waals surface area contributed by atoms with Gasteiger partial charge in [0.1, 0.15) is 5.75 Å². The number of aromatic hydroxyl groups is 1. The fourth-order valence-corrected chi connectivity index (χ4v) is 5.22. The van der Waals surface area contributed by atoms with Crippen LogP contribution in [0.2, 0.25) is 0 Å². The molecule has 0 spiro atoms. The summed E-state index contributed by atoms with van der Waals surface area (Å²) in [4.78, 5) is 1.23. The Bertz CT molecular complexity index is 981. The first-order valence-electron chi connectivity index (χ1n) is 9.76. The molecule has 0 amide bonds. The number of aryl methyl sites for hydroxylation is 1. The molecule has 1 unspecified atom stereocenters. The van der Waals surface area contributed by atoms with Crippen LogP contribution < -0.4 is 0 Å². The van der Waals surface area contributed by atoms with Crippen LogP contribution in [0.5, 0.6) is 5.75 Å². The van der Waals surface area contributed by atoms with Crippen molar-refractivity contribution in [3.05, 3.63) is 64.0 Å². The van der Waals surface area contributed by atoms with E-state index in [-0.39, 0.29) is 18.8 Å². The van der Waals surface area contributed by atoms with Crippen LogP contribution in [0, 0.1) is 6.92 Å². The van der Waals surface area contributed by atoms with Gasteiger partial charge in [-0.3, -0.25) is 0 Å². The van der Waals surface area contributed by atoms with Gasteiger partial charge in [-0.2, -0.15) is 0 Å². The van der Waals surface area contributed by atoms with E-state index in [1.54, 1.807) is 17.4 Å². The average molecular weight is 415 g/mol. The van der Waals surface area contributed by atoms with E-state index in [4.69, 9.17) is 9.47 Å². The topological polar surface area (TPSA) is 79.2 Å². The van der Waals surface area contributed by atoms with Gasteiger partial charge in [0, 0.05) is 35.9 Å². The lowest BCUT2D eigenvalue weighted by Gasteiger charge is -2.42. The predicted molar refractivity (Wildman–Crippen MR) is 113 cm³/mol. The average Bonchev–Trinajstić information content (AvgIpc) is 3.11.